The van der Waals surface area contributed by atoms with E-state index in [0.29, 0.717) is 0 Å². The Morgan fingerprint density at radius 1 is 0.727 bits per heavy atom. The zero-order valence-electron chi connectivity index (χ0n) is 12.8. The molecule has 1 nitrogen and oxygen atoms in total. The van der Waals surface area contributed by atoms with Gasteiger partial charge in [-0.1, -0.05) is 67.9 Å². The summed E-state index contributed by atoms with van der Waals surface area (Å²) in [5.41, 5.74) is 5.31. The van der Waals surface area contributed by atoms with Crippen LogP contribution in [0.1, 0.15) is 18.9 Å². The molecule has 22 heavy (non-hydrogen) atoms. The Kier molecular flexibility index (Phi) is 3.19. The largest absolute Gasteiger partial charge is 0.309 e. The molecule has 0 radical (unpaired) electrons. The standard InChI is InChI=1S/C21H19N/c1-2-9-16-10-8-14-19-18-13-6-7-15-20(18)22(21(16)19)17-11-4-3-5-12-17/h3-8,10-15H,2,9H2,1H3. The van der Waals surface area contributed by atoms with Gasteiger partial charge in [-0.2, -0.15) is 0 Å². The molecule has 108 valence electrons. The highest BCUT2D eigenvalue weighted by Crippen LogP contribution is 2.34. The number of rotatable bonds is 3. The maximum Gasteiger partial charge on any atom is 0.0573 e. The molecule has 3 aromatic carbocycles. The molecule has 0 spiro atoms. The molecule has 0 bridgehead atoms. The van der Waals surface area contributed by atoms with Crippen molar-refractivity contribution in [3.8, 4) is 5.69 Å². The molecule has 0 amide bonds. The van der Waals surface area contributed by atoms with E-state index in [1.165, 1.54) is 33.1 Å². The van der Waals surface area contributed by atoms with E-state index in [1.54, 1.807) is 0 Å². The van der Waals surface area contributed by atoms with Crippen molar-refractivity contribution in [3.05, 3.63) is 78.4 Å². The molecule has 1 heterocycles. The number of para-hydroxylation sites is 3. The van der Waals surface area contributed by atoms with Crippen molar-refractivity contribution in [2.24, 2.45) is 0 Å². The maximum absolute atomic E-state index is 2.41. The predicted octanol–water partition coefficient (Wildman–Crippen LogP) is 5.74. The van der Waals surface area contributed by atoms with Gasteiger partial charge in [0.25, 0.3) is 0 Å². The average Bonchev–Trinajstić information content (AvgIpc) is 2.92. The number of aromatic nitrogens is 1. The average molecular weight is 285 g/mol. The summed E-state index contributed by atoms with van der Waals surface area (Å²) >= 11 is 0. The maximum atomic E-state index is 2.41. The van der Waals surface area contributed by atoms with Gasteiger partial charge in [-0.3, -0.25) is 0 Å². The molecular formula is C21H19N. The van der Waals surface area contributed by atoms with Crippen LogP contribution in [0.25, 0.3) is 27.5 Å². The number of hydrogen-bond donors (Lipinski definition) is 0. The van der Waals surface area contributed by atoms with Crippen LogP contribution >= 0.6 is 0 Å². The Labute approximate surface area is 130 Å². The first-order valence-electron chi connectivity index (χ1n) is 7.96. The van der Waals surface area contributed by atoms with Crippen LogP contribution in [0.15, 0.2) is 72.8 Å². The SMILES string of the molecule is CCCc1cccc2c3ccccc3n(-c3ccccc3)c12. The molecular weight excluding hydrogens is 266 g/mol. The van der Waals surface area contributed by atoms with Crippen molar-refractivity contribution in [1.82, 2.24) is 4.57 Å². The lowest BCUT2D eigenvalue weighted by Gasteiger charge is -2.10. The van der Waals surface area contributed by atoms with Crippen molar-refractivity contribution < 1.29 is 0 Å². The first-order chi connectivity index (χ1) is 10.9. The summed E-state index contributed by atoms with van der Waals surface area (Å²) in [6.45, 7) is 2.24. The van der Waals surface area contributed by atoms with Gasteiger partial charge in [0.15, 0.2) is 0 Å². The molecule has 0 N–H and O–H groups in total. The van der Waals surface area contributed by atoms with Crippen molar-refractivity contribution in [1.29, 1.82) is 0 Å². The quantitative estimate of drug-likeness (QED) is 0.452. The van der Waals surface area contributed by atoms with Crippen LogP contribution in [-0.4, -0.2) is 4.57 Å². The highest BCUT2D eigenvalue weighted by molar-refractivity contribution is 6.10. The van der Waals surface area contributed by atoms with Crippen LogP contribution in [-0.2, 0) is 6.42 Å². The monoisotopic (exact) mass is 285 g/mol. The number of nitrogens with zero attached hydrogens (tertiary/aromatic N) is 1. The number of aryl methyl sites for hydroxylation is 1. The normalized spacial score (nSPS) is 11.3. The van der Waals surface area contributed by atoms with Gasteiger partial charge in [-0.05, 0) is 30.2 Å². The Hall–Kier alpha value is -2.54. The molecule has 0 atom stereocenters. The fourth-order valence-electron chi connectivity index (χ4n) is 3.41. The lowest BCUT2D eigenvalue weighted by Crippen LogP contribution is -1.96. The van der Waals surface area contributed by atoms with Gasteiger partial charge in [0.2, 0.25) is 0 Å². The summed E-state index contributed by atoms with van der Waals surface area (Å²) < 4.78 is 2.41. The summed E-state index contributed by atoms with van der Waals surface area (Å²) in [6, 6.07) is 26.1. The summed E-state index contributed by atoms with van der Waals surface area (Å²) in [7, 11) is 0. The third kappa shape index (κ3) is 1.93. The fourth-order valence-corrected chi connectivity index (χ4v) is 3.41. The Bertz CT molecular complexity index is 932. The predicted molar refractivity (Wildman–Crippen MR) is 94.8 cm³/mol. The topological polar surface area (TPSA) is 4.93 Å². The molecule has 4 aromatic rings. The minimum Gasteiger partial charge on any atom is -0.309 e. The highest BCUT2D eigenvalue weighted by Gasteiger charge is 2.14. The molecule has 0 saturated carbocycles. The highest BCUT2D eigenvalue weighted by atomic mass is 15.0. The van der Waals surface area contributed by atoms with Crippen LogP contribution in [0.5, 0.6) is 0 Å². The summed E-state index contributed by atoms with van der Waals surface area (Å²) in [6.07, 6.45) is 2.27. The summed E-state index contributed by atoms with van der Waals surface area (Å²) in [5.74, 6) is 0. The minimum atomic E-state index is 1.11. The fraction of sp³-hybridized carbons (Fsp3) is 0.143. The Morgan fingerprint density at radius 2 is 1.45 bits per heavy atom. The van der Waals surface area contributed by atoms with Crippen molar-refractivity contribution in [3.63, 3.8) is 0 Å². The molecule has 4 rings (SSSR count). The Morgan fingerprint density at radius 3 is 2.27 bits per heavy atom. The molecule has 0 saturated heterocycles. The first-order valence-corrected chi connectivity index (χ1v) is 7.96. The second-order valence-electron chi connectivity index (χ2n) is 5.75. The van der Waals surface area contributed by atoms with E-state index in [1.807, 2.05) is 0 Å². The van der Waals surface area contributed by atoms with E-state index >= 15 is 0 Å². The van der Waals surface area contributed by atoms with E-state index in [0.717, 1.165) is 12.8 Å². The van der Waals surface area contributed by atoms with Crippen LogP contribution in [0.2, 0.25) is 0 Å². The van der Waals surface area contributed by atoms with E-state index in [4.69, 9.17) is 0 Å². The van der Waals surface area contributed by atoms with E-state index in [2.05, 4.69) is 84.3 Å². The van der Waals surface area contributed by atoms with Crippen LogP contribution in [0.4, 0.5) is 0 Å². The van der Waals surface area contributed by atoms with E-state index in [-0.39, 0.29) is 0 Å². The van der Waals surface area contributed by atoms with E-state index in [9.17, 15) is 0 Å². The lowest BCUT2D eigenvalue weighted by molar-refractivity contribution is 0.923. The van der Waals surface area contributed by atoms with Crippen molar-refractivity contribution in [2.75, 3.05) is 0 Å². The van der Waals surface area contributed by atoms with Gasteiger partial charge in [0.05, 0.1) is 11.0 Å². The van der Waals surface area contributed by atoms with Gasteiger partial charge < -0.3 is 4.57 Å². The van der Waals surface area contributed by atoms with Gasteiger partial charge in [-0.15, -0.1) is 0 Å². The zero-order valence-corrected chi connectivity index (χ0v) is 12.8. The summed E-state index contributed by atoms with van der Waals surface area (Å²) in [5, 5.41) is 2.68. The molecule has 1 aromatic heterocycles. The van der Waals surface area contributed by atoms with Crippen LogP contribution in [0, 0.1) is 0 Å². The van der Waals surface area contributed by atoms with Crippen LogP contribution in [0.3, 0.4) is 0 Å². The zero-order chi connectivity index (χ0) is 14.9. The third-order valence-corrected chi connectivity index (χ3v) is 4.31. The molecule has 0 unspecified atom stereocenters. The molecule has 0 aliphatic heterocycles. The second kappa shape index (κ2) is 5.34. The van der Waals surface area contributed by atoms with Gasteiger partial charge >= 0.3 is 0 Å². The number of fused-ring (bicyclic) bond motifs is 3. The first kappa shape index (κ1) is 13.1. The number of benzene rings is 3. The smallest absolute Gasteiger partial charge is 0.0573 e. The number of hydrogen-bond acceptors (Lipinski definition) is 0. The minimum absolute atomic E-state index is 1.11. The van der Waals surface area contributed by atoms with Gasteiger partial charge in [0.1, 0.15) is 0 Å². The molecule has 0 aliphatic rings. The van der Waals surface area contributed by atoms with Crippen molar-refractivity contribution in [2.45, 2.75) is 19.8 Å². The summed E-state index contributed by atoms with van der Waals surface area (Å²) in [4.78, 5) is 0. The third-order valence-electron chi connectivity index (χ3n) is 4.31. The van der Waals surface area contributed by atoms with Gasteiger partial charge in [-0.25, -0.2) is 0 Å². The lowest BCUT2D eigenvalue weighted by atomic mass is 10.1. The molecule has 1 heteroatoms. The van der Waals surface area contributed by atoms with Gasteiger partial charge in [0, 0.05) is 16.5 Å². The second-order valence-corrected chi connectivity index (χ2v) is 5.75. The molecule has 0 aliphatic carbocycles. The Balaban J connectivity index is 2.19. The van der Waals surface area contributed by atoms with E-state index < -0.39 is 0 Å². The molecule has 0 fully saturated rings. The van der Waals surface area contributed by atoms with Crippen LogP contribution < -0.4 is 0 Å². The van der Waals surface area contributed by atoms with Crippen molar-refractivity contribution >= 4 is 21.8 Å².